The Morgan fingerprint density at radius 3 is 2.22 bits per heavy atom. The fraction of sp³-hybridized carbons (Fsp3) is 0.467. The van der Waals surface area contributed by atoms with Crippen LogP contribution in [0.5, 0.6) is 0 Å². The summed E-state index contributed by atoms with van der Waals surface area (Å²) in [4.78, 5) is 0.0656. The van der Waals surface area contributed by atoms with Gasteiger partial charge in [0.25, 0.3) is 0 Å². The maximum Gasteiger partial charge on any atom is 0.491 e. The Labute approximate surface area is 143 Å². The summed E-state index contributed by atoms with van der Waals surface area (Å²) in [6, 6.07) is 6.54. The molecule has 126 valence electrons. The number of thiol groups is 1. The van der Waals surface area contributed by atoms with Gasteiger partial charge in [0.05, 0.1) is 16.1 Å². The van der Waals surface area contributed by atoms with Gasteiger partial charge in [-0.3, -0.25) is 0 Å². The van der Waals surface area contributed by atoms with Gasteiger partial charge < -0.3 is 9.31 Å². The first-order chi connectivity index (χ1) is 10.5. The molecule has 1 fully saturated rings. The van der Waals surface area contributed by atoms with Gasteiger partial charge in [-0.1, -0.05) is 24.3 Å². The van der Waals surface area contributed by atoms with Crippen molar-refractivity contribution in [2.75, 3.05) is 5.75 Å². The summed E-state index contributed by atoms with van der Waals surface area (Å²) in [6.07, 6.45) is 1.72. The minimum atomic E-state index is -3.81. The van der Waals surface area contributed by atoms with Gasteiger partial charge in [0.2, 0.25) is 10.0 Å². The van der Waals surface area contributed by atoms with Gasteiger partial charge in [-0.15, -0.1) is 0 Å². The van der Waals surface area contributed by atoms with Crippen LogP contribution in [-0.4, -0.2) is 32.5 Å². The summed E-state index contributed by atoms with van der Waals surface area (Å²) >= 11 is 4.33. The van der Waals surface area contributed by atoms with E-state index in [0.717, 1.165) is 5.47 Å². The number of benzene rings is 1. The van der Waals surface area contributed by atoms with Crippen LogP contribution < -0.4 is 5.14 Å². The van der Waals surface area contributed by atoms with Gasteiger partial charge in [0.1, 0.15) is 0 Å². The van der Waals surface area contributed by atoms with Gasteiger partial charge in [0.15, 0.2) is 0 Å². The van der Waals surface area contributed by atoms with E-state index in [4.69, 9.17) is 14.4 Å². The molecule has 23 heavy (non-hydrogen) atoms. The van der Waals surface area contributed by atoms with Crippen LogP contribution in [0.4, 0.5) is 0 Å². The fourth-order valence-corrected chi connectivity index (χ4v) is 3.21. The maximum absolute atomic E-state index is 11.7. The maximum atomic E-state index is 11.7. The Bertz CT molecular complexity index is 713. The van der Waals surface area contributed by atoms with Gasteiger partial charge in [-0.05, 0) is 44.8 Å². The first-order valence-corrected chi connectivity index (χ1v) is 9.44. The van der Waals surface area contributed by atoms with Crippen molar-refractivity contribution in [3.05, 3.63) is 35.3 Å². The molecule has 0 aromatic heterocycles. The summed E-state index contributed by atoms with van der Waals surface area (Å²) in [6.45, 7) is 7.84. The number of primary sulfonamides is 1. The van der Waals surface area contributed by atoms with E-state index < -0.39 is 28.3 Å². The molecule has 1 saturated heterocycles. The van der Waals surface area contributed by atoms with Crippen LogP contribution in [0.3, 0.4) is 0 Å². The highest BCUT2D eigenvalue weighted by Crippen LogP contribution is 2.39. The molecule has 1 aromatic carbocycles. The minimum Gasteiger partial charge on any atom is -0.400 e. The molecule has 1 heterocycles. The van der Waals surface area contributed by atoms with Gasteiger partial charge in [-0.25, -0.2) is 13.6 Å². The molecule has 0 atom stereocenters. The first kappa shape index (κ1) is 18.5. The van der Waals surface area contributed by atoms with Crippen molar-refractivity contribution in [2.24, 2.45) is 5.14 Å². The van der Waals surface area contributed by atoms with Crippen molar-refractivity contribution in [3.8, 4) is 0 Å². The molecule has 0 saturated carbocycles. The number of hydrogen-bond acceptors (Lipinski definition) is 5. The third kappa shape index (κ3) is 3.83. The second-order valence-electron chi connectivity index (χ2n) is 6.55. The molecule has 8 heteroatoms. The van der Waals surface area contributed by atoms with Crippen molar-refractivity contribution in [1.29, 1.82) is 0 Å². The predicted molar refractivity (Wildman–Crippen MR) is 95.7 cm³/mol. The lowest BCUT2D eigenvalue weighted by atomic mass is 9.78. The molecule has 2 rings (SSSR count). The summed E-state index contributed by atoms with van der Waals surface area (Å²) < 4.78 is 35.4. The van der Waals surface area contributed by atoms with Crippen LogP contribution in [0.25, 0.3) is 6.08 Å². The van der Waals surface area contributed by atoms with Crippen LogP contribution in [-0.2, 0) is 19.3 Å². The second kappa shape index (κ2) is 6.25. The zero-order chi connectivity index (χ0) is 17.5. The number of rotatable bonds is 4. The number of sulfonamides is 1. The van der Waals surface area contributed by atoms with Crippen molar-refractivity contribution in [2.45, 2.75) is 43.8 Å². The van der Waals surface area contributed by atoms with Crippen LogP contribution in [0.1, 0.15) is 33.3 Å². The van der Waals surface area contributed by atoms with Gasteiger partial charge in [-0.2, -0.15) is 12.6 Å². The molecule has 0 amide bonds. The lowest BCUT2D eigenvalue weighted by Crippen LogP contribution is -2.41. The molecular weight excluding hydrogens is 333 g/mol. The Hall–Kier alpha value is -0.795. The van der Waals surface area contributed by atoms with E-state index in [1.807, 2.05) is 27.7 Å². The Morgan fingerprint density at radius 2 is 1.74 bits per heavy atom. The quantitative estimate of drug-likeness (QED) is 0.642. The monoisotopic (exact) mass is 355 g/mol. The lowest BCUT2D eigenvalue weighted by molar-refractivity contribution is 0.00578. The average Bonchev–Trinajstić information content (AvgIpc) is 2.64. The average molecular weight is 355 g/mol. The third-order valence-corrected chi connectivity index (χ3v) is 5.65. The van der Waals surface area contributed by atoms with Crippen molar-refractivity contribution >= 4 is 35.8 Å². The molecule has 1 aromatic rings. The highest BCUT2D eigenvalue weighted by molar-refractivity contribution is 7.89. The fourth-order valence-electron chi connectivity index (χ4n) is 2.24. The van der Waals surface area contributed by atoms with E-state index in [9.17, 15) is 8.42 Å². The smallest absolute Gasteiger partial charge is 0.400 e. The van der Waals surface area contributed by atoms with Gasteiger partial charge in [0, 0.05) is 5.75 Å². The largest absolute Gasteiger partial charge is 0.491 e. The Kier molecular flexibility index (Phi) is 5.04. The zero-order valence-electron chi connectivity index (χ0n) is 13.7. The predicted octanol–water partition coefficient (Wildman–Crippen LogP) is 2.28. The normalized spacial score (nSPS) is 20.8. The first-order valence-electron chi connectivity index (χ1n) is 7.27. The van der Waals surface area contributed by atoms with E-state index in [-0.39, 0.29) is 4.90 Å². The molecule has 2 N–H and O–H groups in total. The molecule has 1 aliphatic heterocycles. The molecular formula is C15H22BNO4S2. The van der Waals surface area contributed by atoms with Crippen LogP contribution in [0.2, 0.25) is 0 Å². The van der Waals surface area contributed by atoms with E-state index >= 15 is 0 Å². The second-order valence-corrected chi connectivity index (χ2v) is 8.39. The number of nitrogens with two attached hydrogens (primary N) is 1. The van der Waals surface area contributed by atoms with E-state index in [0.29, 0.717) is 11.3 Å². The standard InChI is InChI=1S/C15H22BNO4S2/c1-14(2)15(3,4)21-16(20-14)12(10-22)9-11-7-5-6-8-13(11)23(17,18)19/h5-9,22H,10H2,1-4H3,(H2,17,18,19). The highest BCUT2D eigenvalue weighted by atomic mass is 32.2. The molecule has 0 spiro atoms. The van der Waals surface area contributed by atoms with E-state index in [2.05, 4.69) is 12.6 Å². The van der Waals surface area contributed by atoms with E-state index in [1.165, 1.54) is 6.07 Å². The van der Waals surface area contributed by atoms with Crippen LogP contribution in [0, 0.1) is 0 Å². The number of hydrogen-bond donors (Lipinski definition) is 2. The highest BCUT2D eigenvalue weighted by Gasteiger charge is 2.52. The van der Waals surface area contributed by atoms with Crippen molar-refractivity contribution in [3.63, 3.8) is 0 Å². The zero-order valence-corrected chi connectivity index (χ0v) is 15.4. The molecule has 0 unspecified atom stereocenters. The summed E-state index contributed by atoms with van der Waals surface area (Å²) in [5, 5.41) is 5.28. The van der Waals surface area contributed by atoms with Crippen molar-refractivity contribution in [1.82, 2.24) is 0 Å². The van der Waals surface area contributed by atoms with Crippen LogP contribution >= 0.6 is 12.6 Å². The summed E-state index contributed by atoms with van der Waals surface area (Å²) in [7, 11) is -4.39. The molecule has 1 aliphatic rings. The Balaban J connectivity index is 2.43. The Morgan fingerprint density at radius 1 is 1.22 bits per heavy atom. The molecule has 5 nitrogen and oxygen atoms in total. The molecule has 0 radical (unpaired) electrons. The molecule has 0 bridgehead atoms. The molecule has 0 aliphatic carbocycles. The SMILES string of the molecule is CC1(C)OB(C(=Cc2ccccc2S(N)(=O)=O)CS)OC1(C)C. The van der Waals surface area contributed by atoms with E-state index in [1.54, 1.807) is 24.3 Å². The topological polar surface area (TPSA) is 78.6 Å². The summed E-state index contributed by atoms with van der Waals surface area (Å²) in [5.41, 5.74) is 0.287. The minimum absolute atomic E-state index is 0.0656. The van der Waals surface area contributed by atoms with Crippen LogP contribution in [0.15, 0.2) is 34.6 Å². The van der Waals surface area contributed by atoms with Crippen molar-refractivity contribution < 1.29 is 17.7 Å². The summed E-state index contributed by atoms with van der Waals surface area (Å²) in [5.74, 6) is 0.371. The lowest BCUT2D eigenvalue weighted by Gasteiger charge is -2.32. The third-order valence-electron chi connectivity index (χ3n) is 4.31. The van der Waals surface area contributed by atoms with Gasteiger partial charge >= 0.3 is 7.12 Å².